The van der Waals surface area contributed by atoms with Crippen molar-refractivity contribution in [3.63, 3.8) is 0 Å². The van der Waals surface area contributed by atoms with E-state index in [0.29, 0.717) is 12.1 Å². The van der Waals surface area contributed by atoms with E-state index in [1.165, 1.54) is 24.2 Å². The third-order valence-corrected chi connectivity index (χ3v) is 4.58. The normalized spacial score (nSPS) is 24.5. The molecule has 1 aromatic rings. The summed E-state index contributed by atoms with van der Waals surface area (Å²) in [5.74, 6) is 0.751. The van der Waals surface area contributed by atoms with Crippen LogP contribution in [0.3, 0.4) is 0 Å². The Hall–Kier alpha value is -0.870. The van der Waals surface area contributed by atoms with E-state index in [4.69, 9.17) is 0 Å². The minimum absolute atomic E-state index is 0.619. The molecule has 2 unspecified atom stereocenters. The van der Waals surface area contributed by atoms with Gasteiger partial charge in [-0.05, 0) is 44.7 Å². The summed E-state index contributed by atoms with van der Waals surface area (Å²) < 4.78 is 2.06. The van der Waals surface area contributed by atoms with Crippen molar-refractivity contribution < 1.29 is 0 Å². The molecule has 1 saturated heterocycles. The molecule has 0 radical (unpaired) electrons. The molecule has 0 saturated carbocycles. The van der Waals surface area contributed by atoms with Gasteiger partial charge in [0.2, 0.25) is 0 Å². The van der Waals surface area contributed by atoms with Crippen LogP contribution in [0.5, 0.6) is 0 Å². The van der Waals surface area contributed by atoms with Gasteiger partial charge in [-0.25, -0.2) is 0 Å². The highest BCUT2D eigenvalue weighted by Crippen LogP contribution is 2.17. The lowest BCUT2D eigenvalue weighted by atomic mass is 10.0. The Kier molecular flexibility index (Phi) is 5.82. The summed E-state index contributed by atoms with van der Waals surface area (Å²) in [6.07, 6.45) is 3.50. The van der Waals surface area contributed by atoms with Crippen molar-refractivity contribution in [1.29, 1.82) is 0 Å². The Balaban J connectivity index is 2.05. The van der Waals surface area contributed by atoms with Crippen molar-refractivity contribution in [3.05, 3.63) is 17.5 Å². The molecule has 1 aliphatic rings. The number of aryl methyl sites for hydroxylation is 2. The van der Waals surface area contributed by atoms with E-state index in [-0.39, 0.29) is 0 Å². The van der Waals surface area contributed by atoms with Gasteiger partial charge in [0.1, 0.15) is 0 Å². The van der Waals surface area contributed by atoms with Gasteiger partial charge < -0.3 is 5.32 Å². The second-order valence-corrected chi connectivity index (χ2v) is 6.95. The van der Waals surface area contributed by atoms with Crippen LogP contribution in [0.2, 0.25) is 0 Å². The largest absolute Gasteiger partial charge is 0.313 e. The van der Waals surface area contributed by atoms with E-state index < -0.39 is 0 Å². The number of nitrogens with one attached hydrogen (secondary N) is 1. The van der Waals surface area contributed by atoms with E-state index >= 15 is 0 Å². The first kappa shape index (κ1) is 16.5. The zero-order valence-electron chi connectivity index (χ0n) is 14.4. The maximum Gasteiger partial charge on any atom is 0.0625 e. The molecule has 4 heteroatoms. The molecule has 0 aromatic carbocycles. The third kappa shape index (κ3) is 4.55. The monoisotopic (exact) mass is 292 g/mol. The highest BCUT2D eigenvalue weighted by Gasteiger charge is 2.24. The average Bonchev–Trinajstić information content (AvgIpc) is 2.68. The maximum atomic E-state index is 4.58. The van der Waals surface area contributed by atoms with Crippen LogP contribution in [0, 0.1) is 5.92 Å². The van der Waals surface area contributed by atoms with Gasteiger partial charge in [-0.1, -0.05) is 20.8 Å². The average molecular weight is 292 g/mol. The third-order valence-electron chi connectivity index (χ3n) is 4.58. The molecule has 2 rings (SSSR count). The van der Waals surface area contributed by atoms with E-state index in [9.17, 15) is 0 Å². The lowest BCUT2D eigenvalue weighted by Gasteiger charge is -2.29. The van der Waals surface area contributed by atoms with Gasteiger partial charge in [0, 0.05) is 32.2 Å². The van der Waals surface area contributed by atoms with E-state index in [1.54, 1.807) is 0 Å². The Morgan fingerprint density at radius 1 is 1.43 bits per heavy atom. The fraction of sp³-hybridized carbons (Fsp3) is 0.824. The molecule has 120 valence electrons. The number of aromatic nitrogens is 2. The van der Waals surface area contributed by atoms with Gasteiger partial charge in [-0.15, -0.1) is 0 Å². The van der Waals surface area contributed by atoms with Crippen molar-refractivity contribution in [1.82, 2.24) is 20.0 Å². The number of hydrogen-bond acceptors (Lipinski definition) is 3. The van der Waals surface area contributed by atoms with Crippen LogP contribution >= 0.6 is 0 Å². The molecule has 1 fully saturated rings. The van der Waals surface area contributed by atoms with E-state index in [2.05, 4.69) is 60.8 Å². The predicted octanol–water partition coefficient (Wildman–Crippen LogP) is 2.58. The zero-order chi connectivity index (χ0) is 15.4. The second-order valence-electron chi connectivity index (χ2n) is 6.95. The number of nitrogens with zero attached hydrogens (tertiary/aromatic N) is 3. The topological polar surface area (TPSA) is 33.1 Å². The molecule has 2 atom stereocenters. The van der Waals surface area contributed by atoms with Crippen molar-refractivity contribution in [2.45, 2.75) is 65.6 Å². The molecule has 1 N–H and O–H groups in total. The summed E-state index contributed by atoms with van der Waals surface area (Å²) in [5.41, 5.74) is 2.54. The molecule has 0 spiro atoms. The quantitative estimate of drug-likeness (QED) is 0.905. The Labute approximate surface area is 129 Å². The van der Waals surface area contributed by atoms with Crippen molar-refractivity contribution in [3.8, 4) is 0 Å². The molecule has 2 heterocycles. The lowest BCUT2D eigenvalue weighted by Crippen LogP contribution is -2.40. The van der Waals surface area contributed by atoms with E-state index in [1.807, 2.05) is 0 Å². The summed E-state index contributed by atoms with van der Waals surface area (Å²) in [7, 11) is 2.07. The van der Waals surface area contributed by atoms with Crippen molar-refractivity contribution in [2.75, 3.05) is 13.1 Å². The van der Waals surface area contributed by atoms with Crippen LogP contribution < -0.4 is 5.32 Å². The molecule has 4 nitrogen and oxygen atoms in total. The van der Waals surface area contributed by atoms with Crippen molar-refractivity contribution in [2.24, 2.45) is 13.0 Å². The molecule has 21 heavy (non-hydrogen) atoms. The first-order valence-corrected chi connectivity index (χ1v) is 8.48. The smallest absolute Gasteiger partial charge is 0.0625 e. The highest BCUT2D eigenvalue weighted by atomic mass is 15.3. The molecule has 0 amide bonds. The molecular weight excluding hydrogens is 260 g/mol. The number of rotatable bonds is 5. The Morgan fingerprint density at radius 2 is 2.19 bits per heavy atom. The van der Waals surface area contributed by atoms with Gasteiger partial charge >= 0.3 is 0 Å². The van der Waals surface area contributed by atoms with Crippen LogP contribution in [0.15, 0.2) is 6.07 Å². The highest BCUT2D eigenvalue weighted by molar-refractivity contribution is 5.10. The van der Waals surface area contributed by atoms with Crippen LogP contribution in [0.4, 0.5) is 0 Å². The van der Waals surface area contributed by atoms with Gasteiger partial charge in [-0.3, -0.25) is 9.58 Å². The Morgan fingerprint density at radius 3 is 2.81 bits per heavy atom. The van der Waals surface area contributed by atoms with Crippen LogP contribution in [-0.4, -0.2) is 39.9 Å². The van der Waals surface area contributed by atoms with Crippen molar-refractivity contribution >= 4 is 0 Å². The predicted molar refractivity (Wildman–Crippen MR) is 88.3 cm³/mol. The van der Waals surface area contributed by atoms with Crippen LogP contribution in [-0.2, 0) is 20.0 Å². The van der Waals surface area contributed by atoms with Gasteiger partial charge in [-0.2, -0.15) is 5.10 Å². The first-order chi connectivity index (χ1) is 9.99. The molecule has 1 aromatic heterocycles. The molecular formula is C17H32N4. The molecule has 0 aliphatic carbocycles. The second kappa shape index (κ2) is 7.41. The summed E-state index contributed by atoms with van der Waals surface area (Å²) in [5, 5.41) is 8.31. The fourth-order valence-corrected chi connectivity index (χ4v) is 3.25. The van der Waals surface area contributed by atoms with Gasteiger partial charge in [0.25, 0.3) is 0 Å². The van der Waals surface area contributed by atoms with Gasteiger partial charge in [0.05, 0.1) is 11.4 Å². The zero-order valence-corrected chi connectivity index (χ0v) is 14.4. The first-order valence-electron chi connectivity index (χ1n) is 8.48. The summed E-state index contributed by atoms with van der Waals surface area (Å²) in [6, 6.07) is 3.52. The van der Waals surface area contributed by atoms with Gasteiger partial charge in [0.15, 0.2) is 0 Å². The SMILES string of the molecule is CCc1cc(CN2CC(CC(C)C)NCCC2C)n(C)n1. The fourth-order valence-electron chi connectivity index (χ4n) is 3.25. The van der Waals surface area contributed by atoms with Crippen LogP contribution in [0.1, 0.15) is 51.9 Å². The van der Waals surface area contributed by atoms with Crippen LogP contribution in [0.25, 0.3) is 0 Å². The lowest BCUT2D eigenvalue weighted by molar-refractivity contribution is 0.185. The summed E-state index contributed by atoms with van der Waals surface area (Å²) in [6.45, 7) is 12.5. The number of hydrogen-bond donors (Lipinski definition) is 1. The standard InChI is InChI=1S/C17H32N4/c1-6-15-10-17(20(5)19-15)12-21-11-16(9-13(2)3)18-8-7-14(21)4/h10,13-14,16,18H,6-9,11-12H2,1-5H3. The molecule has 1 aliphatic heterocycles. The minimum atomic E-state index is 0.619. The summed E-state index contributed by atoms with van der Waals surface area (Å²) >= 11 is 0. The Bertz CT molecular complexity index is 438. The van der Waals surface area contributed by atoms with E-state index in [0.717, 1.165) is 32.0 Å². The maximum absolute atomic E-state index is 4.58. The molecule has 0 bridgehead atoms. The summed E-state index contributed by atoms with van der Waals surface area (Å²) in [4.78, 5) is 2.63. The minimum Gasteiger partial charge on any atom is -0.313 e.